The lowest BCUT2D eigenvalue weighted by Gasteiger charge is -2.29. The van der Waals surface area contributed by atoms with Crippen molar-refractivity contribution < 1.29 is 4.79 Å². The van der Waals surface area contributed by atoms with E-state index in [0.29, 0.717) is 6.42 Å². The Balaban J connectivity index is 1.95. The molecule has 0 bridgehead atoms. The molecular formula is C17H26N2O. The van der Waals surface area contributed by atoms with Gasteiger partial charge < -0.3 is 9.80 Å². The van der Waals surface area contributed by atoms with Crippen molar-refractivity contribution in [1.29, 1.82) is 0 Å². The molecule has 1 aliphatic heterocycles. The summed E-state index contributed by atoms with van der Waals surface area (Å²) in [6.07, 6.45) is 4.46. The van der Waals surface area contributed by atoms with E-state index in [1.54, 1.807) is 0 Å². The van der Waals surface area contributed by atoms with E-state index in [1.165, 1.54) is 24.9 Å². The normalized spacial score (nSPS) is 15.2. The van der Waals surface area contributed by atoms with Gasteiger partial charge in [0.25, 0.3) is 0 Å². The zero-order valence-corrected chi connectivity index (χ0v) is 12.8. The quantitative estimate of drug-likeness (QED) is 0.824. The molecule has 0 atom stereocenters. The molecule has 3 nitrogen and oxygen atoms in total. The molecule has 1 fully saturated rings. The van der Waals surface area contributed by atoms with Crippen LogP contribution in [-0.2, 0) is 11.2 Å². The molecule has 1 aromatic carbocycles. The Labute approximate surface area is 122 Å². The molecule has 1 saturated heterocycles. The molecule has 0 radical (unpaired) electrons. The van der Waals surface area contributed by atoms with Gasteiger partial charge in [-0.15, -0.1) is 0 Å². The summed E-state index contributed by atoms with van der Waals surface area (Å²) < 4.78 is 0. The number of anilines is 1. The third-order valence-corrected chi connectivity index (χ3v) is 4.13. The second-order valence-corrected chi connectivity index (χ2v) is 5.46. The fraction of sp³-hybridized carbons (Fsp3) is 0.588. The van der Waals surface area contributed by atoms with E-state index in [0.717, 1.165) is 31.7 Å². The molecular weight excluding hydrogens is 248 g/mol. The average molecular weight is 274 g/mol. The van der Waals surface area contributed by atoms with E-state index < -0.39 is 0 Å². The molecule has 0 N–H and O–H groups in total. The molecule has 1 amide bonds. The van der Waals surface area contributed by atoms with Gasteiger partial charge in [0.05, 0.1) is 6.42 Å². The van der Waals surface area contributed by atoms with Crippen molar-refractivity contribution in [3.05, 3.63) is 29.8 Å². The number of piperidine rings is 1. The lowest BCUT2D eigenvalue weighted by molar-refractivity contribution is -0.130. The fourth-order valence-corrected chi connectivity index (χ4v) is 2.84. The molecule has 0 aliphatic carbocycles. The summed E-state index contributed by atoms with van der Waals surface area (Å²) in [4.78, 5) is 16.4. The molecule has 0 aromatic heterocycles. The van der Waals surface area contributed by atoms with Crippen LogP contribution < -0.4 is 4.90 Å². The van der Waals surface area contributed by atoms with Gasteiger partial charge in [0, 0.05) is 31.9 Å². The Morgan fingerprint density at radius 1 is 1.05 bits per heavy atom. The minimum Gasteiger partial charge on any atom is -0.372 e. The van der Waals surface area contributed by atoms with Crippen molar-refractivity contribution in [3.8, 4) is 0 Å². The maximum absolute atomic E-state index is 12.1. The van der Waals surface area contributed by atoms with Crippen molar-refractivity contribution in [2.75, 3.05) is 31.1 Å². The number of amides is 1. The van der Waals surface area contributed by atoms with Gasteiger partial charge >= 0.3 is 0 Å². The summed E-state index contributed by atoms with van der Waals surface area (Å²) in [5.74, 6) is 0.223. The van der Waals surface area contributed by atoms with Crippen LogP contribution in [0, 0.1) is 0 Å². The van der Waals surface area contributed by atoms with Crippen molar-refractivity contribution in [1.82, 2.24) is 4.90 Å². The van der Waals surface area contributed by atoms with Gasteiger partial charge in [-0.1, -0.05) is 12.1 Å². The number of hydrogen-bond donors (Lipinski definition) is 0. The predicted molar refractivity (Wildman–Crippen MR) is 84.1 cm³/mol. The Hall–Kier alpha value is -1.51. The van der Waals surface area contributed by atoms with Gasteiger partial charge in [-0.25, -0.2) is 0 Å². The van der Waals surface area contributed by atoms with Gasteiger partial charge in [0.1, 0.15) is 0 Å². The smallest absolute Gasteiger partial charge is 0.226 e. The van der Waals surface area contributed by atoms with Crippen LogP contribution in [0.15, 0.2) is 24.3 Å². The fourth-order valence-electron chi connectivity index (χ4n) is 2.84. The van der Waals surface area contributed by atoms with Crippen LogP contribution >= 0.6 is 0 Å². The van der Waals surface area contributed by atoms with Gasteiger partial charge in [0.2, 0.25) is 5.91 Å². The van der Waals surface area contributed by atoms with Crippen molar-refractivity contribution in [2.24, 2.45) is 0 Å². The molecule has 0 spiro atoms. The number of hydrogen-bond acceptors (Lipinski definition) is 2. The van der Waals surface area contributed by atoms with Crippen LogP contribution in [0.4, 0.5) is 5.69 Å². The molecule has 110 valence electrons. The topological polar surface area (TPSA) is 23.6 Å². The number of rotatable bonds is 5. The van der Waals surface area contributed by atoms with E-state index in [4.69, 9.17) is 0 Å². The number of likely N-dealkylation sites (N-methyl/N-ethyl adjacent to an activating group) is 1. The first-order chi connectivity index (χ1) is 9.74. The lowest BCUT2D eigenvalue weighted by Crippen LogP contribution is -2.31. The Bertz CT molecular complexity index is 417. The highest BCUT2D eigenvalue weighted by Gasteiger charge is 2.12. The van der Waals surface area contributed by atoms with Crippen molar-refractivity contribution in [2.45, 2.75) is 39.5 Å². The van der Waals surface area contributed by atoms with E-state index >= 15 is 0 Å². The number of carbonyl (C=O) groups excluding carboxylic acids is 1. The van der Waals surface area contributed by atoms with E-state index in [1.807, 2.05) is 18.7 Å². The maximum atomic E-state index is 12.1. The predicted octanol–water partition coefficient (Wildman–Crippen LogP) is 3.09. The first kappa shape index (κ1) is 14.9. The summed E-state index contributed by atoms with van der Waals surface area (Å²) in [5.41, 5.74) is 2.41. The van der Waals surface area contributed by atoms with E-state index in [9.17, 15) is 4.79 Å². The monoisotopic (exact) mass is 274 g/mol. The minimum atomic E-state index is 0.223. The Kier molecular flexibility index (Phi) is 5.45. The van der Waals surface area contributed by atoms with Crippen molar-refractivity contribution in [3.63, 3.8) is 0 Å². The van der Waals surface area contributed by atoms with Crippen LogP contribution in [0.5, 0.6) is 0 Å². The lowest BCUT2D eigenvalue weighted by atomic mass is 10.1. The minimum absolute atomic E-state index is 0.223. The Morgan fingerprint density at radius 2 is 1.65 bits per heavy atom. The summed E-state index contributed by atoms with van der Waals surface area (Å²) >= 11 is 0. The molecule has 1 aromatic rings. The highest BCUT2D eigenvalue weighted by molar-refractivity contribution is 5.78. The molecule has 20 heavy (non-hydrogen) atoms. The number of nitrogens with zero attached hydrogens (tertiary/aromatic N) is 2. The largest absolute Gasteiger partial charge is 0.372 e. The van der Waals surface area contributed by atoms with Crippen LogP contribution in [0.3, 0.4) is 0 Å². The van der Waals surface area contributed by atoms with Crippen LogP contribution in [0.1, 0.15) is 38.7 Å². The molecule has 2 rings (SSSR count). The first-order valence-electron chi connectivity index (χ1n) is 7.86. The number of carbonyl (C=O) groups is 1. The zero-order valence-electron chi connectivity index (χ0n) is 12.8. The van der Waals surface area contributed by atoms with Crippen LogP contribution in [0.2, 0.25) is 0 Å². The second-order valence-electron chi connectivity index (χ2n) is 5.46. The molecule has 1 heterocycles. The summed E-state index contributed by atoms with van der Waals surface area (Å²) in [7, 11) is 0. The SMILES string of the molecule is CCN(CC)C(=O)Cc1ccc(N2CCCCC2)cc1. The number of benzene rings is 1. The third-order valence-electron chi connectivity index (χ3n) is 4.13. The third kappa shape index (κ3) is 3.75. The molecule has 1 aliphatic rings. The highest BCUT2D eigenvalue weighted by atomic mass is 16.2. The van der Waals surface area contributed by atoms with Crippen LogP contribution in [-0.4, -0.2) is 37.0 Å². The van der Waals surface area contributed by atoms with Gasteiger partial charge in [-0.2, -0.15) is 0 Å². The molecule has 3 heteroatoms. The highest BCUT2D eigenvalue weighted by Crippen LogP contribution is 2.20. The Morgan fingerprint density at radius 3 is 2.20 bits per heavy atom. The van der Waals surface area contributed by atoms with Gasteiger partial charge in [0.15, 0.2) is 0 Å². The second kappa shape index (κ2) is 7.32. The van der Waals surface area contributed by atoms with E-state index in [2.05, 4.69) is 29.2 Å². The zero-order chi connectivity index (χ0) is 14.4. The summed E-state index contributed by atoms with van der Waals surface area (Å²) in [5, 5.41) is 0. The molecule has 0 saturated carbocycles. The van der Waals surface area contributed by atoms with Crippen LogP contribution in [0.25, 0.3) is 0 Å². The van der Waals surface area contributed by atoms with Gasteiger partial charge in [-0.05, 0) is 50.8 Å². The first-order valence-corrected chi connectivity index (χ1v) is 7.86. The summed E-state index contributed by atoms with van der Waals surface area (Å²) in [6, 6.07) is 8.53. The summed E-state index contributed by atoms with van der Waals surface area (Å²) in [6.45, 7) is 7.97. The van der Waals surface area contributed by atoms with Gasteiger partial charge in [-0.3, -0.25) is 4.79 Å². The van der Waals surface area contributed by atoms with E-state index in [-0.39, 0.29) is 5.91 Å². The van der Waals surface area contributed by atoms with Crippen molar-refractivity contribution >= 4 is 11.6 Å². The average Bonchev–Trinajstić information content (AvgIpc) is 2.50. The molecule has 0 unspecified atom stereocenters. The standard InChI is InChI=1S/C17H26N2O/c1-3-18(4-2)17(20)14-15-8-10-16(11-9-15)19-12-6-5-7-13-19/h8-11H,3-7,12-14H2,1-2H3. The maximum Gasteiger partial charge on any atom is 0.226 e.